The SMILES string of the molecule is CC(C)(C(O)Cc1cc(Br)cs1)N1CCOCC1. The summed E-state index contributed by atoms with van der Waals surface area (Å²) in [7, 11) is 0. The van der Waals surface area contributed by atoms with Crippen LogP contribution in [-0.2, 0) is 11.2 Å². The van der Waals surface area contributed by atoms with Gasteiger partial charge in [0.1, 0.15) is 0 Å². The molecule has 2 rings (SSSR count). The van der Waals surface area contributed by atoms with Crippen molar-refractivity contribution in [1.29, 1.82) is 0 Å². The fourth-order valence-corrected chi connectivity index (χ4v) is 3.74. The van der Waals surface area contributed by atoms with Gasteiger partial charge in [-0.1, -0.05) is 0 Å². The van der Waals surface area contributed by atoms with Gasteiger partial charge in [-0.05, 0) is 35.8 Å². The van der Waals surface area contributed by atoms with E-state index >= 15 is 0 Å². The Hall–Kier alpha value is 0.0600. The topological polar surface area (TPSA) is 32.7 Å². The molecule has 1 aromatic heterocycles. The van der Waals surface area contributed by atoms with Gasteiger partial charge >= 0.3 is 0 Å². The molecule has 0 amide bonds. The lowest BCUT2D eigenvalue weighted by Gasteiger charge is -2.43. The summed E-state index contributed by atoms with van der Waals surface area (Å²) in [4.78, 5) is 3.54. The molecule has 1 saturated heterocycles. The Morgan fingerprint density at radius 1 is 1.50 bits per heavy atom. The third kappa shape index (κ3) is 3.33. The van der Waals surface area contributed by atoms with Gasteiger partial charge in [-0.2, -0.15) is 0 Å². The average molecular weight is 334 g/mol. The van der Waals surface area contributed by atoms with Crippen LogP contribution in [0.5, 0.6) is 0 Å². The molecular weight excluding hydrogens is 314 g/mol. The van der Waals surface area contributed by atoms with E-state index in [0.29, 0.717) is 6.42 Å². The van der Waals surface area contributed by atoms with Crippen LogP contribution in [0.3, 0.4) is 0 Å². The lowest BCUT2D eigenvalue weighted by atomic mass is 9.91. The predicted molar refractivity (Wildman–Crippen MR) is 78.2 cm³/mol. The summed E-state index contributed by atoms with van der Waals surface area (Å²) in [6, 6.07) is 2.09. The molecule has 1 fully saturated rings. The van der Waals surface area contributed by atoms with Crippen molar-refractivity contribution in [3.63, 3.8) is 0 Å². The zero-order valence-electron chi connectivity index (χ0n) is 10.9. The molecule has 0 radical (unpaired) electrons. The van der Waals surface area contributed by atoms with Crippen LogP contribution in [0.25, 0.3) is 0 Å². The smallest absolute Gasteiger partial charge is 0.0766 e. The van der Waals surface area contributed by atoms with Crippen molar-refractivity contribution in [2.45, 2.75) is 31.9 Å². The molecule has 1 aromatic rings. The molecule has 1 unspecified atom stereocenters. The largest absolute Gasteiger partial charge is 0.391 e. The molecular formula is C13H20BrNO2S. The molecule has 1 N–H and O–H groups in total. The lowest BCUT2D eigenvalue weighted by Crippen LogP contribution is -2.56. The molecule has 1 aliphatic rings. The van der Waals surface area contributed by atoms with Gasteiger partial charge in [-0.15, -0.1) is 11.3 Å². The van der Waals surface area contributed by atoms with Crippen molar-refractivity contribution in [3.05, 3.63) is 20.8 Å². The summed E-state index contributed by atoms with van der Waals surface area (Å²) >= 11 is 5.14. The summed E-state index contributed by atoms with van der Waals surface area (Å²) < 4.78 is 6.46. The number of ether oxygens (including phenoxy) is 1. The van der Waals surface area contributed by atoms with E-state index in [0.717, 1.165) is 30.8 Å². The molecule has 0 aromatic carbocycles. The van der Waals surface area contributed by atoms with E-state index in [-0.39, 0.29) is 11.6 Å². The van der Waals surface area contributed by atoms with Crippen molar-refractivity contribution in [2.24, 2.45) is 0 Å². The second kappa shape index (κ2) is 6.01. The van der Waals surface area contributed by atoms with Crippen LogP contribution in [0.1, 0.15) is 18.7 Å². The summed E-state index contributed by atoms with van der Waals surface area (Å²) in [5, 5.41) is 12.6. The van der Waals surface area contributed by atoms with Crippen molar-refractivity contribution in [3.8, 4) is 0 Å². The molecule has 0 spiro atoms. The van der Waals surface area contributed by atoms with E-state index in [1.54, 1.807) is 11.3 Å². The van der Waals surface area contributed by atoms with Crippen molar-refractivity contribution >= 4 is 27.3 Å². The molecule has 18 heavy (non-hydrogen) atoms. The van der Waals surface area contributed by atoms with Crippen molar-refractivity contribution in [1.82, 2.24) is 4.90 Å². The minimum Gasteiger partial charge on any atom is -0.391 e. The Kier molecular flexibility index (Phi) is 4.83. The van der Waals surface area contributed by atoms with Gasteiger partial charge < -0.3 is 9.84 Å². The highest BCUT2D eigenvalue weighted by molar-refractivity contribution is 9.10. The van der Waals surface area contributed by atoms with Crippen LogP contribution in [0.15, 0.2) is 15.9 Å². The average Bonchev–Trinajstić information content (AvgIpc) is 2.76. The van der Waals surface area contributed by atoms with Crippen LogP contribution < -0.4 is 0 Å². The van der Waals surface area contributed by atoms with Crippen LogP contribution >= 0.6 is 27.3 Å². The van der Waals surface area contributed by atoms with Gasteiger partial charge in [0.2, 0.25) is 0 Å². The van der Waals surface area contributed by atoms with E-state index in [1.807, 2.05) is 0 Å². The number of thiophene rings is 1. The summed E-state index contributed by atoms with van der Waals surface area (Å²) in [6.07, 6.45) is 0.349. The predicted octanol–water partition coefficient (Wildman–Crippen LogP) is 2.52. The molecule has 2 heterocycles. The van der Waals surface area contributed by atoms with Crippen LogP contribution in [0.2, 0.25) is 0 Å². The maximum atomic E-state index is 10.5. The summed E-state index contributed by atoms with van der Waals surface area (Å²) in [5.74, 6) is 0. The van der Waals surface area contributed by atoms with Crippen molar-refractivity contribution in [2.75, 3.05) is 26.3 Å². The zero-order chi connectivity index (χ0) is 13.2. The van der Waals surface area contributed by atoms with E-state index in [2.05, 4.69) is 46.1 Å². The van der Waals surface area contributed by atoms with E-state index in [1.165, 1.54) is 4.88 Å². The number of hydrogen-bond donors (Lipinski definition) is 1. The first kappa shape index (κ1) is 14.5. The maximum absolute atomic E-state index is 10.5. The Labute approximate surface area is 121 Å². The van der Waals surface area contributed by atoms with E-state index in [9.17, 15) is 5.11 Å². The number of aliphatic hydroxyl groups excluding tert-OH is 1. The zero-order valence-corrected chi connectivity index (χ0v) is 13.3. The van der Waals surface area contributed by atoms with Crippen molar-refractivity contribution < 1.29 is 9.84 Å². The second-order valence-electron chi connectivity index (χ2n) is 5.20. The van der Waals surface area contributed by atoms with Gasteiger partial charge in [-0.3, -0.25) is 4.90 Å². The van der Waals surface area contributed by atoms with Crippen LogP contribution in [0, 0.1) is 0 Å². The number of aliphatic hydroxyl groups is 1. The summed E-state index contributed by atoms with van der Waals surface area (Å²) in [6.45, 7) is 7.56. The van der Waals surface area contributed by atoms with Crippen LogP contribution in [-0.4, -0.2) is 48.0 Å². The van der Waals surface area contributed by atoms with Gasteiger partial charge in [-0.25, -0.2) is 0 Å². The molecule has 1 atom stereocenters. The Morgan fingerprint density at radius 2 is 2.17 bits per heavy atom. The first-order chi connectivity index (χ1) is 8.50. The first-order valence-corrected chi connectivity index (χ1v) is 7.91. The third-order valence-corrected chi connectivity index (χ3v) is 5.38. The van der Waals surface area contributed by atoms with E-state index in [4.69, 9.17) is 4.74 Å². The standard InChI is InChI=1S/C13H20BrNO2S/c1-13(2,15-3-5-17-6-4-15)12(16)8-11-7-10(14)9-18-11/h7,9,12,16H,3-6,8H2,1-2H3. The highest BCUT2D eigenvalue weighted by Gasteiger charge is 2.35. The number of rotatable bonds is 4. The third-order valence-electron chi connectivity index (χ3n) is 3.66. The fraction of sp³-hybridized carbons (Fsp3) is 0.692. The van der Waals surface area contributed by atoms with Gasteiger partial charge in [0.05, 0.1) is 19.3 Å². The number of hydrogen-bond acceptors (Lipinski definition) is 4. The van der Waals surface area contributed by atoms with Crippen LogP contribution in [0.4, 0.5) is 0 Å². The highest BCUT2D eigenvalue weighted by atomic mass is 79.9. The number of morpholine rings is 1. The number of nitrogens with zero attached hydrogens (tertiary/aromatic N) is 1. The monoisotopic (exact) mass is 333 g/mol. The van der Waals surface area contributed by atoms with Gasteiger partial charge in [0.15, 0.2) is 0 Å². The Morgan fingerprint density at radius 3 is 2.72 bits per heavy atom. The molecule has 3 nitrogen and oxygen atoms in total. The number of halogens is 1. The lowest BCUT2D eigenvalue weighted by molar-refractivity contribution is -0.0609. The molecule has 1 aliphatic heterocycles. The second-order valence-corrected chi connectivity index (χ2v) is 7.12. The summed E-state index contributed by atoms with van der Waals surface area (Å²) in [5.41, 5.74) is -0.208. The van der Waals surface area contributed by atoms with E-state index < -0.39 is 0 Å². The maximum Gasteiger partial charge on any atom is 0.0766 e. The van der Waals surface area contributed by atoms with Gasteiger partial charge in [0, 0.05) is 39.8 Å². The quantitative estimate of drug-likeness (QED) is 0.918. The molecule has 0 aliphatic carbocycles. The fourth-order valence-electron chi connectivity index (χ4n) is 2.25. The highest BCUT2D eigenvalue weighted by Crippen LogP contribution is 2.27. The minimum atomic E-state index is -0.360. The molecule has 0 saturated carbocycles. The normalized spacial score (nSPS) is 20.0. The Bertz CT molecular complexity index is 388. The Balaban J connectivity index is 1.99. The molecule has 5 heteroatoms. The van der Waals surface area contributed by atoms with Gasteiger partial charge in [0.25, 0.3) is 0 Å². The minimum absolute atomic E-state index is 0.208. The molecule has 0 bridgehead atoms. The first-order valence-electron chi connectivity index (χ1n) is 6.24. The molecule has 102 valence electrons.